The lowest BCUT2D eigenvalue weighted by Crippen LogP contribution is -2.42. The summed E-state index contributed by atoms with van der Waals surface area (Å²) in [5.41, 5.74) is 4.54. The van der Waals surface area contributed by atoms with E-state index < -0.39 is 17.8 Å². The van der Waals surface area contributed by atoms with Crippen molar-refractivity contribution >= 4 is 40.9 Å². The van der Waals surface area contributed by atoms with Crippen LogP contribution in [0.4, 0.5) is 0 Å². The summed E-state index contributed by atoms with van der Waals surface area (Å²) in [4.78, 5) is 34.2. The van der Waals surface area contributed by atoms with Crippen molar-refractivity contribution in [3.63, 3.8) is 0 Å². The molecule has 0 spiro atoms. The third-order valence-corrected chi connectivity index (χ3v) is 3.98. The van der Waals surface area contributed by atoms with Gasteiger partial charge in [-0.3, -0.25) is 20.4 Å². The zero-order valence-electron chi connectivity index (χ0n) is 10.5. The maximum absolute atomic E-state index is 11.6. The summed E-state index contributed by atoms with van der Waals surface area (Å²) < 4.78 is 4.98. The van der Waals surface area contributed by atoms with E-state index in [1.54, 1.807) is 17.5 Å². The summed E-state index contributed by atoms with van der Waals surface area (Å²) in [5.74, 6) is -2.21. The Bertz CT molecular complexity index is 650. The van der Waals surface area contributed by atoms with Crippen LogP contribution in [-0.2, 0) is 4.79 Å². The number of hydrazine groups is 1. The number of thioether (sulfide) groups is 1. The molecule has 0 fully saturated rings. The molecule has 2 aromatic rings. The molecule has 0 aliphatic rings. The standard InChI is InChI=1S/C12H10N2O5S2/c15-9(13-14-11(16)8-2-1-5-20-8)6-21-10-4-3-7(19-10)12(17)18/h1-5H,6H2,(H,13,15)(H,14,16)(H,17,18). The van der Waals surface area contributed by atoms with E-state index in [1.165, 1.54) is 23.5 Å². The van der Waals surface area contributed by atoms with Crippen molar-refractivity contribution in [2.45, 2.75) is 5.09 Å². The number of nitrogens with one attached hydrogen (secondary N) is 2. The maximum atomic E-state index is 11.6. The van der Waals surface area contributed by atoms with Gasteiger partial charge in [0.2, 0.25) is 11.7 Å². The van der Waals surface area contributed by atoms with E-state index >= 15 is 0 Å². The van der Waals surface area contributed by atoms with Crippen LogP contribution in [0.25, 0.3) is 0 Å². The van der Waals surface area contributed by atoms with Gasteiger partial charge in [-0.2, -0.15) is 0 Å². The first kappa shape index (κ1) is 15.1. The first-order chi connectivity index (χ1) is 10.1. The Morgan fingerprint density at radius 1 is 1.24 bits per heavy atom. The van der Waals surface area contributed by atoms with E-state index in [0.29, 0.717) is 9.97 Å². The molecule has 0 aliphatic heterocycles. The number of carboxylic acid groups (broad SMARTS) is 1. The number of carbonyl (C=O) groups is 3. The summed E-state index contributed by atoms with van der Waals surface area (Å²) in [7, 11) is 0. The average Bonchev–Trinajstić information content (AvgIpc) is 3.13. The van der Waals surface area contributed by atoms with Crippen LogP contribution in [0.3, 0.4) is 0 Å². The molecule has 0 saturated carbocycles. The van der Waals surface area contributed by atoms with E-state index in [4.69, 9.17) is 9.52 Å². The fraction of sp³-hybridized carbons (Fsp3) is 0.0833. The molecule has 110 valence electrons. The first-order valence-electron chi connectivity index (χ1n) is 5.65. The van der Waals surface area contributed by atoms with Gasteiger partial charge in [0, 0.05) is 0 Å². The van der Waals surface area contributed by atoms with Gasteiger partial charge < -0.3 is 9.52 Å². The average molecular weight is 326 g/mol. The molecule has 21 heavy (non-hydrogen) atoms. The smallest absolute Gasteiger partial charge is 0.371 e. The van der Waals surface area contributed by atoms with Crippen LogP contribution < -0.4 is 10.9 Å². The second-order valence-corrected chi connectivity index (χ2v) is 5.62. The molecular formula is C12H10N2O5S2. The van der Waals surface area contributed by atoms with Crippen molar-refractivity contribution in [2.75, 3.05) is 5.75 Å². The number of amides is 2. The molecule has 9 heteroatoms. The fourth-order valence-electron chi connectivity index (χ4n) is 1.28. The quantitative estimate of drug-likeness (QED) is 0.569. The van der Waals surface area contributed by atoms with E-state index in [2.05, 4.69) is 10.9 Å². The lowest BCUT2D eigenvalue weighted by Gasteiger charge is -2.05. The molecule has 3 N–H and O–H groups in total. The summed E-state index contributed by atoms with van der Waals surface area (Å²) >= 11 is 2.28. The Morgan fingerprint density at radius 3 is 2.67 bits per heavy atom. The monoisotopic (exact) mass is 326 g/mol. The number of carboxylic acids is 1. The number of aromatic carboxylic acids is 1. The maximum Gasteiger partial charge on any atom is 0.371 e. The Hall–Kier alpha value is -2.26. The lowest BCUT2D eigenvalue weighted by atomic mass is 10.4. The SMILES string of the molecule is O=C(CSc1ccc(C(=O)O)o1)NNC(=O)c1cccs1. The molecule has 2 aromatic heterocycles. The van der Waals surface area contributed by atoms with Gasteiger partial charge in [-0.1, -0.05) is 17.8 Å². The molecule has 0 atom stereocenters. The molecule has 0 saturated heterocycles. The molecule has 0 aromatic carbocycles. The zero-order valence-corrected chi connectivity index (χ0v) is 12.1. The number of carbonyl (C=O) groups excluding carboxylic acids is 2. The zero-order chi connectivity index (χ0) is 15.2. The van der Waals surface area contributed by atoms with Crippen LogP contribution in [0.1, 0.15) is 20.2 Å². The van der Waals surface area contributed by atoms with Gasteiger partial charge in [0.15, 0.2) is 5.09 Å². The van der Waals surface area contributed by atoms with Gasteiger partial charge >= 0.3 is 5.97 Å². The molecule has 2 heterocycles. The van der Waals surface area contributed by atoms with Crippen LogP contribution >= 0.6 is 23.1 Å². The second-order valence-electron chi connectivity index (χ2n) is 3.69. The minimum absolute atomic E-state index is 0.0166. The van der Waals surface area contributed by atoms with Crippen molar-refractivity contribution in [1.29, 1.82) is 0 Å². The van der Waals surface area contributed by atoms with Gasteiger partial charge in [-0.15, -0.1) is 11.3 Å². The highest BCUT2D eigenvalue weighted by Gasteiger charge is 2.12. The Labute approximate surface area is 127 Å². The number of thiophene rings is 1. The largest absolute Gasteiger partial charge is 0.475 e. The van der Waals surface area contributed by atoms with E-state index in [9.17, 15) is 14.4 Å². The van der Waals surface area contributed by atoms with Gasteiger partial charge in [0.1, 0.15) is 0 Å². The summed E-state index contributed by atoms with van der Waals surface area (Å²) in [6.45, 7) is 0. The molecule has 0 unspecified atom stereocenters. The van der Waals surface area contributed by atoms with Gasteiger partial charge in [0.05, 0.1) is 10.6 Å². The summed E-state index contributed by atoms with van der Waals surface area (Å²) in [6, 6.07) is 6.14. The van der Waals surface area contributed by atoms with E-state index in [0.717, 1.165) is 11.8 Å². The Morgan fingerprint density at radius 2 is 2.05 bits per heavy atom. The minimum atomic E-state index is -1.17. The van der Waals surface area contributed by atoms with Crippen LogP contribution in [0.5, 0.6) is 0 Å². The first-order valence-corrected chi connectivity index (χ1v) is 7.51. The van der Waals surface area contributed by atoms with Crippen LogP contribution in [0.2, 0.25) is 0 Å². The molecular weight excluding hydrogens is 316 g/mol. The predicted molar refractivity (Wildman–Crippen MR) is 76.3 cm³/mol. The number of rotatable bonds is 5. The Balaban J connectivity index is 1.74. The number of hydrogen-bond donors (Lipinski definition) is 3. The summed E-state index contributed by atoms with van der Waals surface area (Å²) in [5, 5.41) is 10.7. The Kier molecular flexibility index (Phi) is 5.01. The highest BCUT2D eigenvalue weighted by molar-refractivity contribution is 7.99. The highest BCUT2D eigenvalue weighted by Crippen LogP contribution is 2.20. The van der Waals surface area contributed by atoms with Crippen molar-refractivity contribution in [3.05, 3.63) is 40.3 Å². The molecule has 7 nitrogen and oxygen atoms in total. The van der Waals surface area contributed by atoms with Gasteiger partial charge in [-0.25, -0.2) is 4.79 Å². The molecule has 2 rings (SSSR count). The molecule has 2 amide bonds. The van der Waals surface area contributed by atoms with E-state index in [-0.39, 0.29) is 11.5 Å². The fourth-order valence-corrected chi connectivity index (χ4v) is 2.56. The normalized spacial score (nSPS) is 10.1. The van der Waals surface area contributed by atoms with Crippen LogP contribution in [-0.4, -0.2) is 28.6 Å². The summed E-state index contributed by atoms with van der Waals surface area (Å²) in [6.07, 6.45) is 0. The van der Waals surface area contributed by atoms with Crippen molar-refractivity contribution < 1.29 is 23.9 Å². The van der Waals surface area contributed by atoms with E-state index in [1.807, 2.05) is 0 Å². The lowest BCUT2D eigenvalue weighted by molar-refractivity contribution is -0.119. The molecule has 0 radical (unpaired) electrons. The minimum Gasteiger partial charge on any atom is -0.475 e. The highest BCUT2D eigenvalue weighted by atomic mass is 32.2. The predicted octanol–water partition coefficient (Wildman–Crippen LogP) is 1.59. The number of furan rings is 1. The molecule has 0 bridgehead atoms. The van der Waals surface area contributed by atoms with Crippen molar-refractivity contribution in [2.24, 2.45) is 0 Å². The third kappa shape index (κ3) is 4.36. The second kappa shape index (κ2) is 6.95. The van der Waals surface area contributed by atoms with Crippen LogP contribution in [0.15, 0.2) is 39.2 Å². The topological polar surface area (TPSA) is 109 Å². The van der Waals surface area contributed by atoms with Crippen molar-refractivity contribution in [1.82, 2.24) is 10.9 Å². The third-order valence-electron chi connectivity index (χ3n) is 2.20. The van der Waals surface area contributed by atoms with Gasteiger partial charge in [0.25, 0.3) is 5.91 Å². The number of hydrogen-bond acceptors (Lipinski definition) is 6. The van der Waals surface area contributed by atoms with Crippen molar-refractivity contribution in [3.8, 4) is 0 Å². The van der Waals surface area contributed by atoms with Gasteiger partial charge in [-0.05, 0) is 23.6 Å². The molecule has 0 aliphatic carbocycles. The van der Waals surface area contributed by atoms with Crippen LogP contribution in [0, 0.1) is 0 Å².